The van der Waals surface area contributed by atoms with Crippen molar-refractivity contribution in [1.82, 2.24) is 9.55 Å². The molecular formula is C13H8F3N3O3. The van der Waals surface area contributed by atoms with Crippen LogP contribution in [0.2, 0.25) is 0 Å². The molecule has 0 bridgehead atoms. The number of rotatable bonds is 3. The maximum absolute atomic E-state index is 13.7. The maximum atomic E-state index is 13.7. The Kier molecular flexibility index (Phi) is 4.03. The predicted molar refractivity (Wildman–Crippen MR) is 68.8 cm³/mol. The second-order valence-electron chi connectivity index (χ2n) is 4.12. The van der Waals surface area contributed by atoms with E-state index in [1.54, 1.807) is 6.07 Å². The van der Waals surface area contributed by atoms with E-state index in [9.17, 15) is 22.8 Å². The molecule has 9 heteroatoms. The van der Waals surface area contributed by atoms with E-state index in [4.69, 9.17) is 10.00 Å². The van der Waals surface area contributed by atoms with Crippen LogP contribution in [0.5, 0.6) is 5.75 Å². The van der Waals surface area contributed by atoms with Crippen LogP contribution in [0.3, 0.4) is 0 Å². The molecule has 1 N–H and O–H groups in total. The van der Waals surface area contributed by atoms with Crippen LogP contribution in [0.1, 0.15) is 17.7 Å². The van der Waals surface area contributed by atoms with Crippen LogP contribution >= 0.6 is 0 Å². The van der Waals surface area contributed by atoms with E-state index >= 15 is 0 Å². The number of aromatic amines is 1. The van der Waals surface area contributed by atoms with Gasteiger partial charge in [-0.15, -0.1) is 0 Å². The number of ether oxygens (including phenoxy) is 1. The van der Waals surface area contributed by atoms with Gasteiger partial charge in [-0.3, -0.25) is 4.79 Å². The molecule has 0 aliphatic rings. The summed E-state index contributed by atoms with van der Waals surface area (Å²) < 4.78 is 44.1. The number of alkyl halides is 2. The number of nitrogens with one attached hydrogen (secondary N) is 1. The third-order valence-corrected chi connectivity index (χ3v) is 2.82. The van der Waals surface area contributed by atoms with Crippen molar-refractivity contribution in [1.29, 1.82) is 5.26 Å². The van der Waals surface area contributed by atoms with E-state index in [2.05, 4.69) is 0 Å². The number of H-pyrrole nitrogens is 1. The molecule has 0 aliphatic carbocycles. The van der Waals surface area contributed by atoms with E-state index in [0.29, 0.717) is 10.6 Å². The van der Waals surface area contributed by atoms with Gasteiger partial charge in [-0.25, -0.2) is 22.5 Å². The van der Waals surface area contributed by atoms with Gasteiger partial charge < -0.3 is 9.72 Å². The quantitative estimate of drug-likeness (QED) is 0.930. The average Bonchev–Trinajstić information content (AvgIpc) is 2.46. The predicted octanol–water partition coefficient (Wildman–Crippen LogP) is 1.48. The van der Waals surface area contributed by atoms with Crippen molar-refractivity contribution in [3.05, 3.63) is 56.1 Å². The molecule has 0 fully saturated rings. The first-order chi connectivity index (χ1) is 10.4. The average molecular weight is 311 g/mol. The lowest BCUT2D eigenvalue weighted by Crippen LogP contribution is -2.34. The molecule has 0 unspecified atom stereocenters. The summed E-state index contributed by atoms with van der Waals surface area (Å²) in [6.07, 6.45) is -3.03. The van der Waals surface area contributed by atoms with Crippen LogP contribution in [0.4, 0.5) is 13.2 Å². The molecule has 1 heterocycles. The van der Waals surface area contributed by atoms with Gasteiger partial charge in [0.25, 0.3) is 12.0 Å². The van der Waals surface area contributed by atoms with Gasteiger partial charge in [-0.05, 0) is 0 Å². The highest BCUT2D eigenvalue weighted by Gasteiger charge is 2.18. The zero-order valence-corrected chi connectivity index (χ0v) is 11.1. The molecule has 0 saturated heterocycles. The van der Waals surface area contributed by atoms with E-state index in [-0.39, 0.29) is 17.0 Å². The molecule has 2 aromatic rings. The van der Waals surface area contributed by atoms with Gasteiger partial charge in [-0.1, -0.05) is 0 Å². The standard InChI is InChI=1S/C13H8F3N3O3/c1-22-10-2-6(5-17)7(14)3-9(10)19-11(20)4-8(12(15)16)18-13(19)21/h2-4,12H,1H3,(H,18,21). The van der Waals surface area contributed by atoms with Crippen LogP contribution in [-0.2, 0) is 0 Å². The molecule has 114 valence electrons. The monoisotopic (exact) mass is 311 g/mol. The first-order valence-corrected chi connectivity index (χ1v) is 5.81. The second-order valence-corrected chi connectivity index (χ2v) is 4.12. The van der Waals surface area contributed by atoms with Crippen LogP contribution in [0.25, 0.3) is 5.69 Å². The summed E-state index contributed by atoms with van der Waals surface area (Å²) in [6, 6.07) is 3.85. The fraction of sp³-hybridized carbons (Fsp3) is 0.154. The number of halogens is 3. The van der Waals surface area contributed by atoms with Crippen LogP contribution in [-0.4, -0.2) is 16.7 Å². The van der Waals surface area contributed by atoms with Crippen LogP contribution in [0.15, 0.2) is 27.8 Å². The molecule has 6 nitrogen and oxygen atoms in total. The molecule has 22 heavy (non-hydrogen) atoms. The molecule has 1 aromatic carbocycles. The lowest BCUT2D eigenvalue weighted by atomic mass is 10.2. The summed E-state index contributed by atoms with van der Waals surface area (Å²) in [7, 11) is 1.19. The number of hydrogen-bond acceptors (Lipinski definition) is 4. The molecular weight excluding hydrogens is 303 g/mol. The molecule has 0 atom stereocenters. The number of hydrogen-bond donors (Lipinski definition) is 1. The number of benzene rings is 1. The Labute approximate surface area is 121 Å². The smallest absolute Gasteiger partial charge is 0.333 e. The van der Waals surface area contributed by atoms with Gasteiger partial charge in [-0.2, -0.15) is 5.26 Å². The Hall–Kier alpha value is -3.02. The largest absolute Gasteiger partial charge is 0.495 e. The normalized spacial score (nSPS) is 10.5. The lowest BCUT2D eigenvalue weighted by molar-refractivity contribution is 0.145. The second kappa shape index (κ2) is 5.77. The van der Waals surface area contributed by atoms with Crippen molar-refractivity contribution >= 4 is 0 Å². The summed E-state index contributed by atoms with van der Waals surface area (Å²) in [4.78, 5) is 25.5. The zero-order chi connectivity index (χ0) is 16.4. The first-order valence-electron chi connectivity index (χ1n) is 5.81. The Morgan fingerprint density at radius 2 is 2.00 bits per heavy atom. The Morgan fingerprint density at radius 1 is 1.32 bits per heavy atom. The number of methoxy groups -OCH3 is 1. The van der Waals surface area contributed by atoms with Gasteiger partial charge in [0, 0.05) is 18.2 Å². The van der Waals surface area contributed by atoms with Crippen molar-refractivity contribution in [3.8, 4) is 17.5 Å². The van der Waals surface area contributed by atoms with Gasteiger partial charge in [0.05, 0.1) is 24.1 Å². The highest BCUT2D eigenvalue weighted by Crippen LogP contribution is 2.24. The zero-order valence-electron chi connectivity index (χ0n) is 11.1. The maximum Gasteiger partial charge on any atom is 0.333 e. The van der Waals surface area contributed by atoms with Crippen molar-refractivity contribution in [2.45, 2.75) is 6.43 Å². The summed E-state index contributed by atoms with van der Waals surface area (Å²) in [5, 5.41) is 8.74. The fourth-order valence-electron chi connectivity index (χ4n) is 1.83. The van der Waals surface area contributed by atoms with Gasteiger partial charge in [0.15, 0.2) is 0 Å². The minimum absolute atomic E-state index is 0.129. The van der Waals surface area contributed by atoms with Gasteiger partial charge >= 0.3 is 5.69 Å². The fourth-order valence-corrected chi connectivity index (χ4v) is 1.83. The number of nitriles is 1. The van der Waals surface area contributed by atoms with Gasteiger partial charge in [0.1, 0.15) is 17.6 Å². The summed E-state index contributed by atoms with van der Waals surface area (Å²) in [5.41, 5.74) is -3.76. The topological polar surface area (TPSA) is 87.9 Å². The molecule has 0 radical (unpaired) electrons. The molecule has 2 rings (SSSR count). The summed E-state index contributed by atoms with van der Waals surface area (Å²) >= 11 is 0. The van der Waals surface area contributed by atoms with E-state index in [1.807, 2.05) is 4.98 Å². The minimum atomic E-state index is -3.03. The lowest BCUT2D eigenvalue weighted by Gasteiger charge is -2.11. The SMILES string of the molecule is COc1cc(C#N)c(F)cc1-n1c(=O)cc(C(F)F)[nH]c1=O. The summed E-state index contributed by atoms with van der Waals surface area (Å²) in [5.74, 6) is -1.11. The summed E-state index contributed by atoms with van der Waals surface area (Å²) in [6.45, 7) is 0. The van der Waals surface area contributed by atoms with Crippen molar-refractivity contribution in [2.75, 3.05) is 7.11 Å². The van der Waals surface area contributed by atoms with Gasteiger partial charge in [0.2, 0.25) is 0 Å². The molecule has 0 saturated carbocycles. The van der Waals surface area contributed by atoms with Crippen molar-refractivity contribution in [2.24, 2.45) is 0 Å². The van der Waals surface area contributed by atoms with Crippen molar-refractivity contribution < 1.29 is 17.9 Å². The van der Waals surface area contributed by atoms with E-state index in [0.717, 1.165) is 12.1 Å². The van der Waals surface area contributed by atoms with Crippen LogP contribution < -0.4 is 16.0 Å². The Bertz CT molecular complexity index is 850. The third-order valence-electron chi connectivity index (χ3n) is 2.82. The third kappa shape index (κ3) is 2.58. The molecule has 0 spiro atoms. The minimum Gasteiger partial charge on any atom is -0.495 e. The van der Waals surface area contributed by atoms with E-state index in [1.165, 1.54) is 7.11 Å². The van der Waals surface area contributed by atoms with E-state index < -0.39 is 29.2 Å². The van der Waals surface area contributed by atoms with Crippen LogP contribution in [0, 0.1) is 17.1 Å². The molecule has 0 amide bonds. The number of nitrogens with zero attached hydrogens (tertiary/aromatic N) is 2. The van der Waals surface area contributed by atoms with Crippen molar-refractivity contribution in [3.63, 3.8) is 0 Å². The number of aromatic nitrogens is 2. The highest BCUT2D eigenvalue weighted by molar-refractivity contribution is 5.52. The Morgan fingerprint density at radius 3 is 2.50 bits per heavy atom. The molecule has 1 aromatic heterocycles. The Balaban J connectivity index is 2.78. The first kappa shape index (κ1) is 15.4. The highest BCUT2D eigenvalue weighted by atomic mass is 19.3. The molecule has 0 aliphatic heterocycles.